The van der Waals surface area contributed by atoms with Gasteiger partial charge >= 0.3 is 0 Å². The van der Waals surface area contributed by atoms with E-state index in [1.54, 1.807) is 0 Å². The smallest absolute Gasteiger partial charge is 0.0686 e. The molecule has 0 amide bonds. The molecule has 2 atom stereocenters. The van der Waals surface area contributed by atoms with Crippen molar-refractivity contribution in [2.24, 2.45) is 0 Å². The number of hydrogen-bond acceptors (Lipinski definition) is 0. The minimum absolute atomic E-state index is 0.0433. The van der Waals surface area contributed by atoms with Gasteiger partial charge in [0.1, 0.15) is 0 Å². The fourth-order valence-electron chi connectivity index (χ4n) is 10.9. The third-order valence-electron chi connectivity index (χ3n) is 13.5. The topological polar surface area (TPSA) is 0 Å². The van der Waals surface area contributed by atoms with Gasteiger partial charge in [-0.2, -0.15) is 0 Å². The molecule has 2 unspecified atom stereocenters. The third kappa shape index (κ3) is 4.95. The van der Waals surface area contributed by atoms with Crippen LogP contribution in [0.2, 0.25) is 0 Å². The molecule has 0 saturated carbocycles. The van der Waals surface area contributed by atoms with Crippen molar-refractivity contribution >= 4 is 46.2 Å². The van der Waals surface area contributed by atoms with Gasteiger partial charge in [0.2, 0.25) is 13.4 Å². The molecule has 0 saturated heterocycles. The van der Waals surface area contributed by atoms with E-state index >= 15 is 0 Å². The van der Waals surface area contributed by atoms with E-state index in [-0.39, 0.29) is 24.8 Å². The first-order valence-electron chi connectivity index (χ1n) is 20.3. The fourth-order valence-corrected chi connectivity index (χ4v) is 10.9. The first-order chi connectivity index (χ1) is 27.5. The van der Waals surface area contributed by atoms with Gasteiger partial charge in [-0.3, -0.25) is 0 Å². The quantitative estimate of drug-likeness (QED) is 0.160. The average molecular weight is 713 g/mol. The largest absolute Gasteiger partial charge is 0.241 e. The molecule has 0 radical (unpaired) electrons. The van der Waals surface area contributed by atoms with Crippen molar-refractivity contribution in [2.75, 3.05) is 0 Å². The van der Waals surface area contributed by atoms with Gasteiger partial charge in [-0.15, -0.1) is 0 Å². The molecule has 11 rings (SSSR count). The first kappa shape index (κ1) is 33.2. The first-order valence-corrected chi connectivity index (χ1v) is 20.3. The number of hydrogen-bond donors (Lipinski definition) is 0. The van der Waals surface area contributed by atoms with Crippen molar-refractivity contribution in [3.63, 3.8) is 0 Å². The predicted octanol–water partition coefficient (Wildman–Crippen LogP) is 8.92. The van der Waals surface area contributed by atoms with Crippen molar-refractivity contribution in [3.05, 3.63) is 216 Å². The maximum Gasteiger partial charge on any atom is 0.241 e. The minimum atomic E-state index is -0.0433. The monoisotopic (exact) mass is 712 g/mol. The summed E-state index contributed by atoms with van der Waals surface area (Å²) in [6.45, 7) is 7.45. The van der Waals surface area contributed by atoms with E-state index in [0.717, 1.165) is 0 Å². The zero-order chi connectivity index (χ0) is 37.5. The van der Waals surface area contributed by atoms with Crippen molar-refractivity contribution in [2.45, 2.75) is 38.0 Å². The maximum atomic E-state index is 2.57. The molecule has 264 valence electrons. The molecule has 0 bridgehead atoms. The molecule has 0 N–H and O–H groups in total. The molecule has 8 aromatic rings. The van der Waals surface area contributed by atoms with Crippen LogP contribution in [0.4, 0.5) is 0 Å². The Morgan fingerprint density at radius 2 is 0.911 bits per heavy atom. The second-order valence-corrected chi connectivity index (χ2v) is 16.8. The molecule has 2 heteroatoms. The predicted molar refractivity (Wildman–Crippen MR) is 240 cm³/mol. The molecule has 8 aromatic carbocycles. The molecule has 0 aromatic heterocycles. The maximum absolute atomic E-state index is 2.57. The Balaban J connectivity index is 1.16. The second kappa shape index (κ2) is 12.7. The average Bonchev–Trinajstić information content (AvgIpc) is 3.41. The molecular weight excluding hydrogens is 670 g/mol. The highest BCUT2D eigenvalue weighted by atomic mass is 14.4. The highest BCUT2D eigenvalue weighted by molar-refractivity contribution is 6.99. The van der Waals surface area contributed by atoms with Crippen LogP contribution in [0.3, 0.4) is 0 Å². The highest BCUT2D eigenvalue weighted by Gasteiger charge is 2.44. The molecule has 2 heterocycles. The van der Waals surface area contributed by atoms with Gasteiger partial charge in [-0.05, 0) is 79.2 Å². The van der Waals surface area contributed by atoms with Crippen molar-refractivity contribution in [1.82, 2.24) is 0 Å². The Bertz CT molecular complexity index is 2820. The lowest BCUT2D eigenvalue weighted by Gasteiger charge is -2.37. The zero-order valence-corrected chi connectivity index (χ0v) is 32.2. The summed E-state index contributed by atoms with van der Waals surface area (Å²) in [6.07, 6.45) is 0. The molecule has 0 spiro atoms. The van der Waals surface area contributed by atoms with Crippen LogP contribution in [0, 0.1) is 0 Å². The van der Waals surface area contributed by atoms with Crippen LogP contribution in [-0.2, 0) is 5.41 Å². The van der Waals surface area contributed by atoms with E-state index in [2.05, 4.69) is 209 Å². The van der Waals surface area contributed by atoms with E-state index in [9.17, 15) is 0 Å². The Kier molecular flexibility index (Phi) is 7.55. The molecule has 56 heavy (non-hydrogen) atoms. The van der Waals surface area contributed by atoms with Gasteiger partial charge in [0.25, 0.3) is 0 Å². The molecule has 0 fully saturated rings. The summed E-state index contributed by atoms with van der Waals surface area (Å²) >= 11 is 0. The molecule has 2 aliphatic heterocycles. The summed E-state index contributed by atoms with van der Waals surface area (Å²) in [5.41, 5.74) is 23.4. The van der Waals surface area contributed by atoms with E-state index in [1.807, 2.05) is 0 Å². The van der Waals surface area contributed by atoms with Crippen molar-refractivity contribution in [3.8, 4) is 33.4 Å². The Hall–Kier alpha value is -6.11. The zero-order valence-electron chi connectivity index (χ0n) is 32.2. The van der Waals surface area contributed by atoms with Crippen molar-refractivity contribution < 1.29 is 0 Å². The van der Waals surface area contributed by atoms with Gasteiger partial charge in [0.05, 0.1) is 0 Å². The van der Waals surface area contributed by atoms with Crippen LogP contribution in [0.15, 0.2) is 188 Å². The van der Waals surface area contributed by atoms with Crippen LogP contribution < -0.4 is 32.8 Å². The molecule has 0 nitrogen and oxygen atoms in total. The van der Waals surface area contributed by atoms with E-state index < -0.39 is 0 Å². The van der Waals surface area contributed by atoms with Crippen molar-refractivity contribution in [1.29, 1.82) is 0 Å². The number of fused-ring (bicyclic) bond motifs is 6. The SMILES string of the molecule is CC1c2ccccc2B(c2ccccc2)c2cc(-c3cccc(-c4ccc5c(c4)C(C)(C)c4ccccc4-5)c3)cc3c2C1c1ccccc1B3c1ccccc1. The molecule has 3 aliphatic rings. The van der Waals surface area contributed by atoms with E-state index in [4.69, 9.17) is 0 Å². The van der Waals surface area contributed by atoms with Crippen LogP contribution in [0.1, 0.15) is 60.4 Å². The Labute approximate surface area is 332 Å². The molecular formula is C54H42B2. The van der Waals surface area contributed by atoms with Crippen LogP contribution in [0.25, 0.3) is 33.4 Å². The minimum Gasteiger partial charge on any atom is -0.0686 e. The summed E-state index contributed by atoms with van der Waals surface area (Å²) in [4.78, 5) is 0. The summed E-state index contributed by atoms with van der Waals surface area (Å²) < 4.78 is 0. The fraction of sp³-hybridized carbons (Fsp3) is 0.111. The summed E-state index contributed by atoms with van der Waals surface area (Å²) in [7, 11) is 0. The summed E-state index contributed by atoms with van der Waals surface area (Å²) in [5.74, 6) is 0.546. The van der Waals surface area contributed by atoms with Gasteiger partial charge < -0.3 is 0 Å². The lowest BCUT2D eigenvalue weighted by Crippen LogP contribution is -2.61. The number of rotatable bonds is 4. The number of benzene rings is 8. The normalized spacial score (nSPS) is 16.9. The Morgan fingerprint density at radius 1 is 0.393 bits per heavy atom. The standard InChI is InChI=1S/C54H42B2/c1-35-42-23-11-14-27-48(42)55(40-19-6-4-7-20-40)50-33-39(34-51-53(50)52(35)45-25-12-15-28-49(45)56(51)41-21-8-5-9-22-41)37-18-16-17-36(31-37)38-29-30-44-43-24-10-13-26-46(43)54(2,3)47(44)32-38/h4-35,52H,1-3H3. The van der Waals surface area contributed by atoms with Gasteiger partial charge in [-0.25, -0.2) is 0 Å². The van der Waals surface area contributed by atoms with Crippen LogP contribution in [-0.4, -0.2) is 13.4 Å². The van der Waals surface area contributed by atoms with E-state index in [0.29, 0.717) is 5.92 Å². The highest BCUT2D eigenvalue weighted by Crippen LogP contribution is 2.49. The summed E-state index contributed by atoms with van der Waals surface area (Å²) in [6, 6.07) is 71.5. The van der Waals surface area contributed by atoms with Crippen LogP contribution in [0.5, 0.6) is 0 Å². The lowest BCUT2D eigenvalue weighted by atomic mass is 9.30. The van der Waals surface area contributed by atoms with E-state index in [1.165, 1.54) is 94.0 Å². The molecule has 1 aliphatic carbocycles. The van der Waals surface area contributed by atoms with Crippen LogP contribution >= 0.6 is 0 Å². The third-order valence-corrected chi connectivity index (χ3v) is 13.5. The second-order valence-electron chi connectivity index (χ2n) is 16.8. The Morgan fingerprint density at radius 3 is 1.59 bits per heavy atom. The van der Waals surface area contributed by atoms with Gasteiger partial charge in [-0.1, -0.05) is 229 Å². The van der Waals surface area contributed by atoms with Gasteiger partial charge in [0, 0.05) is 11.3 Å². The summed E-state index contributed by atoms with van der Waals surface area (Å²) in [5, 5.41) is 0. The van der Waals surface area contributed by atoms with Gasteiger partial charge in [0.15, 0.2) is 0 Å². The lowest BCUT2D eigenvalue weighted by molar-refractivity contribution is 0.660.